The lowest BCUT2D eigenvalue weighted by atomic mass is 10.2. The number of hydrogen-bond acceptors (Lipinski definition) is 2. The van der Waals surface area contributed by atoms with Crippen LogP contribution in [0.25, 0.3) is 10.1 Å². The lowest BCUT2D eigenvalue weighted by Crippen LogP contribution is -1.85. The van der Waals surface area contributed by atoms with Crippen LogP contribution in [0, 0.1) is 0 Å². The van der Waals surface area contributed by atoms with E-state index in [2.05, 4.69) is 11.4 Å². The topological polar surface area (TPSA) is 9.23 Å². The van der Waals surface area contributed by atoms with Gasteiger partial charge in [-0.3, -0.25) is 0 Å². The van der Waals surface area contributed by atoms with E-state index in [0.29, 0.717) is 15.8 Å². The number of thiophene rings is 1. The van der Waals surface area contributed by atoms with Gasteiger partial charge in [0.1, 0.15) is 16.5 Å². The van der Waals surface area contributed by atoms with Gasteiger partial charge in [0.05, 0.1) is 5.02 Å². The van der Waals surface area contributed by atoms with Crippen molar-refractivity contribution < 1.29 is 4.74 Å². The summed E-state index contributed by atoms with van der Waals surface area (Å²) in [7, 11) is 0. The summed E-state index contributed by atoms with van der Waals surface area (Å²) in [6, 6.07) is 13.4. The van der Waals surface area contributed by atoms with E-state index in [0.717, 1.165) is 5.75 Å². The molecule has 1 heterocycles. The molecule has 3 rings (SSSR count). The Kier molecular flexibility index (Phi) is 3.16. The Morgan fingerprint density at radius 1 is 1.00 bits per heavy atom. The van der Waals surface area contributed by atoms with E-state index in [4.69, 9.17) is 27.9 Å². The molecule has 3 aromatic rings. The molecule has 1 nitrogen and oxygen atoms in total. The Hall–Kier alpha value is -1.22. The van der Waals surface area contributed by atoms with E-state index >= 15 is 0 Å². The number of fused-ring (bicyclic) bond motifs is 1. The maximum Gasteiger partial charge on any atom is 0.147 e. The normalized spacial score (nSPS) is 10.8. The molecule has 0 bridgehead atoms. The second-order valence-corrected chi connectivity index (χ2v) is 5.51. The van der Waals surface area contributed by atoms with Crippen molar-refractivity contribution in [2.75, 3.05) is 0 Å². The van der Waals surface area contributed by atoms with Crippen molar-refractivity contribution >= 4 is 44.6 Å². The van der Waals surface area contributed by atoms with E-state index in [9.17, 15) is 0 Å². The smallest absolute Gasteiger partial charge is 0.147 e. The largest absolute Gasteiger partial charge is 0.456 e. The zero-order valence-corrected chi connectivity index (χ0v) is 11.5. The maximum atomic E-state index is 6.09. The van der Waals surface area contributed by atoms with Crippen LogP contribution in [0.15, 0.2) is 47.8 Å². The van der Waals surface area contributed by atoms with Crippen molar-refractivity contribution in [1.29, 1.82) is 0 Å². The molecule has 18 heavy (non-hydrogen) atoms. The van der Waals surface area contributed by atoms with Gasteiger partial charge in [-0.1, -0.05) is 29.3 Å². The quantitative estimate of drug-likeness (QED) is 0.563. The first-order valence-electron chi connectivity index (χ1n) is 5.33. The third-order valence-electron chi connectivity index (χ3n) is 2.57. The van der Waals surface area contributed by atoms with Crippen LogP contribution in [0.1, 0.15) is 0 Å². The maximum absolute atomic E-state index is 6.09. The van der Waals surface area contributed by atoms with Crippen LogP contribution >= 0.6 is 34.5 Å². The van der Waals surface area contributed by atoms with Gasteiger partial charge in [0, 0.05) is 4.70 Å². The molecule has 0 fully saturated rings. The molecular weight excluding hydrogens is 287 g/mol. The minimum absolute atomic E-state index is 0.436. The van der Waals surface area contributed by atoms with Crippen LogP contribution in [0.2, 0.25) is 10.0 Å². The van der Waals surface area contributed by atoms with E-state index in [1.807, 2.05) is 24.3 Å². The molecule has 2 aromatic carbocycles. The number of benzene rings is 2. The third kappa shape index (κ3) is 2.19. The molecule has 0 saturated carbocycles. The van der Waals surface area contributed by atoms with Gasteiger partial charge >= 0.3 is 0 Å². The van der Waals surface area contributed by atoms with Crippen LogP contribution in [0.5, 0.6) is 11.5 Å². The van der Waals surface area contributed by atoms with Crippen molar-refractivity contribution in [3.8, 4) is 11.5 Å². The van der Waals surface area contributed by atoms with Crippen molar-refractivity contribution in [2.24, 2.45) is 0 Å². The predicted octanol–water partition coefficient (Wildman–Crippen LogP) is 6.00. The van der Waals surface area contributed by atoms with E-state index in [-0.39, 0.29) is 0 Å². The molecule has 1 aromatic heterocycles. The standard InChI is InChI=1S/C14H8Cl2OS/c15-11-2-1-3-12(14(11)16)17-10-5-4-9-6-7-18-13(9)8-10/h1-8H. The summed E-state index contributed by atoms with van der Waals surface area (Å²) in [5.74, 6) is 1.33. The molecule has 0 radical (unpaired) electrons. The van der Waals surface area contributed by atoms with Crippen LogP contribution in [0.3, 0.4) is 0 Å². The summed E-state index contributed by atoms with van der Waals surface area (Å²) in [6.07, 6.45) is 0. The van der Waals surface area contributed by atoms with Gasteiger partial charge in [0.15, 0.2) is 0 Å². The van der Waals surface area contributed by atoms with Crippen molar-refractivity contribution in [1.82, 2.24) is 0 Å². The molecule has 90 valence electrons. The highest BCUT2D eigenvalue weighted by Gasteiger charge is 2.07. The fourth-order valence-electron chi connectivity index (χ4n) is 1.69. The molecule has 0 aliphatic heterocycles. The molecule has 0 unspecified atom stereocenters. The third-order valence-corrected chi connectivity index (χ3v) is 4.25. The monoisotopic (exact) mass is 294 g/mol. The summed E-state index contributed by atoms with van der Waals surface area (Å²) in [5.41, 5.74) is 0. The Morgan fingerprint density at radius 2 is 1.89 bits per heavy atom. The van der Waals surface area contributed by atoms with E-state index < -0.39 is 0 Å². The average molecular weight is 295 g/mol. The first-order chi connectivity index (χ1) is 8.74. The average Bonchev–Trinajstić information content (AvgIpc) is 2.82. The molecule has 0 aliphatic carbocycles. The Morgan fingerprint density at radius 3 is 2.78 bits per heavy atom. The zero-order chi connectivity index (χ0) is 12.5. The fraction of sp³-hybridized carbons (Fsp3) is 0. The van der Waals surface area contributed by atoms with Gasteiger partial charge in [-0.05, 0) is 47.2 Å². The number of ether oxygens (including phenoxy) is 1. The Labute approximate surface area is 119 Å². The molecule has 0 N–H and O–H groups in total. The van der Waals surface area contributed by atoms with Crippen molar-refractivity contribution in [3.63, 3.8) is 0 Å². The van der Waals surface area contributed by atoms with Gasteiger partial charge in [-0.25, -0.2) is 0 Å². The highest BCUT2D eigenvalue weighted by molar-refractivity contribution is 7.17. The molecule has 0 aliphatic rings. The summed E-state index contributed by atoms with van der Waals surface area (Å²) in [4.78, 5) is 0. The number of hydrogen-bond donors (Lipinski definition) is 0. The predicted molar refractivity (Wildman–Crippen MR) is 78.4 cm³/mol. The van der Waals surface area contributed by atoms with E-state index in [1.54, 1.807) is 23.5 Å². The molecule has 0 spiro atoms. The zero-order valence-electron chi connectivity index (χ0n) is 9.19. The molecular formula is C14H8Cl2OS. The van der Waals surface area contributed by atoms with Gasteiger partial charge < -0.3 is 4.74 Å². The molecule has 0 atom stereocenters. The minimum atomic E-state index is 0.436. The van der Waals surface area contributed by atoms with Crippen molar-refractivity contribution in [3.05, 3.63) is 57.9 Å². The lowest BCUT2D eigenvalue weighted by molar-refractivity contribution is 0.484. The van der Waals surface area contributed by atoms with Crippen LogP contribution in [-0.4, -0.2) is 0 Å². The number of halogens is 2. The lowest BCUT2D eigenvalue weighted by Gasteiger charge is -2.08. The van der Waals surface area contributed by atoms with Gasteiger partial charge in [0.25, 0.3) is 0 Å². The second kappa shape index (κ2) is 4.81. The SMILES string of the molecule is Clc1cccc(Oc2ccc3ccsc3c2)c1Cl. The minimum Gasteiger partial charge on any atom is -0.456 e. The summed E-state index contributed by atoms with van der Waals surface area (Å²) in [6.45, 7) is 0. The van der Waals surface area contributed by atoms with Crippen LogP contribution in [0.4, 0.5) is 0 Å². The molecule has 4 heteroatoms. The van der Waals surface area contributed by atoms with Gasteiger partial charge in [0.2, 0.25) is 0 Å². The number of rotatable bonds is 2. The molecule has 0 amide bonds. The first-order valence-corrected chi connectivity index (χ1v) is 6.97. The van der Waals surface area contributed by atoms with E-state index in [1.165, 1.54) is 10.1 Å². The van der Waals surface area contributed by atoms with Crippen LogP contribution < -0.4 is 4.74 Å². The Balaban J connectivity index is 1.98. The summed E-state index contributed by atoms with van der Waals surface area (Å²) in [5, 5.41) is 4.20. The highest BCUT2D eigenvalue weighted by atomic mass is 35.5. The second-order valence-electron chi connectivity index (χ2n) is 3.77. The van der Waals surface area contributed by atoms with Gasteiger partial charge in [-0.2, -0.15) is 0 Å². The Bertz CT molecular complexity index is 706. The first kappa shape index (κ1) is 11.8. The van der Waals surface area contributed by atoms with Crippen LogP contribution in [-0.2, 0) is 0 Å². The summed E-state index contributed by atoms with van der Waals surface area (Å²) < 4.78 is 6.94. The van der Waals surface area contributed by atoms with Crippen molar-refractivity contribution in [2.45, 2.75) is 0 Å². The molecule has 0 saturated heterocycles. The summed E-state index contributed by atoms with van der Waals surface area (Å²) >= 11 is 13.7. The fourth-order valence-corrected chi connectivity index (χ4v) is 2.84. The highest BCUT2D eigenvalue weighted by Crippen LogP contribution is 2.35. The van der Waals surface area contributed by atoms with Gasteiger partial charge in [-0.15, -0.1) is 11.3 Å².